The van der Waals surface area contributed by atoms with Crippen molar-refractivity contribution in [1.29, 1.82) is 5.26 Å². The van der Waals surface area contributed by atoms with Gasteiger partial charge in [-0.05, 0) is 36.6 Å². The highest BCUT2D eigenvalue weighted by atomic mass is 16.2. The van der Waals surface area contributed by atoms with Crippen molar-refractivity contribution in [3.8, 4) is 6.07 Å². The number of hydrogen-bond acceptors (Lipinski definition) is 5. The van der Waals surface area contributed by atoms with E-state index >= 15 is 0 Å². The molecule has 0 atom stereocenters. The minimum atomic E-state index is 0.214. The van der Waals surface area contributed by atoms with Crippen LogP contribution in [-0.2, 0) is 11.2 Å². The van der Waals surface area contributed by atoms with Gasteiger partial charge in [0.15, 0.2) is 0 Å². The maximum Gasteiger partial charge on any atom is 0.228 e. The summed E-state index contributed by atoms with van der Waals surface area (Å²) in [5, 5.41) is 9.27. The van der Waals surface area contributed by atoms with Crippen LogP contribution < -0.4 is 9.80 Å². The van der Waals surface area contributed by atoms with E-state index in [0.717, 1.165) is 63.6 Å². The van der Waals surface area contributed by atoms with Crippen LogP contribution in [0.25, 0.3) is 0 Å². The molecule has 2 aliphatic heterocycles. The molecule has 144 valence electrons. The van der Waals surface area contributed by atoms with Crippen LogP contribution in [0.1, 0.15) is 24.0 Å². The number of para-hydroxylation sites is 1. The Balaban J connectivity index is 1.30. The van der Waals surface area contributed by atoms with Gasteiger partial charge in [0.25, 0.3) is 0 Å². The first kappa shape index (κ1) is 18.5. The first-order valence-corrected chi connectivity index (χ1v) is 9.97. The van der Waals surface area contributed by atoms with Crippen LogP contribution in [0.5, 0.6) is 0 Å². The molecule has 0 radical (unpaired) electrons. The lowest BCUT2D eigenvalue weighted by molar-refractivity contribution is -0.119. The van der Waals surface area contributed by atoms with Crippen molar-refractivity contribution in [3.63, 3.8) is 0 Å². The molecule has 4 rings (SSSR count). The molecule has 1 amide bonds. The Kier molecular flexibility index (Phi) is 5.54. The van der Waals surface area contributed by atoms with E-state index in [1.165, 1.54) is 5.56 Å². The predicted molar refractivity (Wildman–Crippen MR) is 109 cm³/mol. The fourth-order valence-corrected chi connectivity index (χ4v) is 4.10. The lowest BCUT2D eigenvalue weighted by atomic mass is 10.0. The zero-order chi connectivity index (χ0) is 19.3. The van der Waals surface area contributed by atoms with Crippen LogP contribution in [0.15, 0.2) is 42.6 Å². The quantitative estimate of drug-likeness (QED) is 0.821. The fourth-order valence-electron chi connectivity index (χ4n) is 4.10. The number of pyridine rings is 1. The molecule has 28 heavy (non-hydrogen) atoms. The minimum Gasteiger partial charge on any atom is -0.353 e. The Morgan fingerprint density at radius 1 is 1.07 bits per heavy atom. The summed E-state index contributed by atoms with van der Waals surface area (Å²) >= 11 is 0. The summed E-state index contributed by atoms with van der Waals surface area (Å²) in [5.74, 6) is 0.983. The summed E-state index contributed by atoms with van der Waals surface area (Å²) in [6.45, 7) is 5.01. The third-order valence-corrected chi connectivity index (χ3v) is 5.63. The summed E-state index contributed by atoms with van der Waals surface area (Å²) in [5.41, 5.74) is 2.98. The SMILES string of the molecule is N#Cc1cccnc1N1CCN(CCC(=O)N2CCCc3ccccc32)CC1. The van der Waals surface area contributed by atoms with Gasteiger partial charge in [0.05, 0.1) is 5.56 Å². The van der Waals surface area contributed by atoms with E-state index in [0.29, 0.717) is 12.0 Å². The van der Waals surface area contributed by atoms with Crippen molar-refractivity contribution in [3.05, 3.63) is 53.7 Å². The lowest BCUT2D eigenvalue weighted by Crippen LogP contribution is -2.48. The van der Waals surface area contributed by atoms with E-state index in [2.05, 4.69) is 33.0 Å². The van der Waals surface area contributed by atoms with Crippen LogP contribution in [-0.4, -0.2) is 55.1 Å². The molecule has 0 aliphatic carbocycles. The summed E-state index contributed by atoms with van der Waals surface area (Å²) < 4.78 is 0. The van der Waals surface area contributed by atoms with Crippen LogP contribution in [0.2, 0.25) is 0 Å². The highest BCUT2D eigenvalue weighted by molar-refractivity contribution is 5.94. The number of carbonyl (C=O) groups is 1. The minimum absolute atomic E-state index is 0.214. The number of piperazine rings is 1. The van der Waals surface area contributed by atoms with Gasteiger partial charge >= 0.3 is 0 Å². The Morgan fingerprint density at radius 3 is 2.71 bits per heavy atom. The molecule has 0 N–H and O–H groups in total. The van der Waals surface area contributed by atoms with E-state index in [4.69, 9.17) is 0 Å². The summed E-state index contributed by atoms with van der Waals surface area (Å²) in [6, 6.07) is 14.1. The standard InChI is InChI=1S/C22H25N5O/c23-17-19-6-3-10-24-22(19)26-15-13-25(14-16-26)12-9-21(28)27-11-4-7-18-5-1-2-8-20(18)27/h1-3,5-6,8,10H,4,7,9,11-16H2. The van der Waals surface area contributed by atoms with Gasteiger partial charge in [0.1, 0.15) is 11.9 Å². The van der Waals surface area contributed by atoms with Gasteiger partial charge < -0.3 is 9.80 Å². The number of aryl methyl sites for hydroxylation is 1. The highest BCUT2D eigenvalue weighted by Crippen LogP contribution is 2.27. The number of amides is 1. The van der Waals surface area contributed by atoms with E-state index in [-0.39, 0.29) is 5.91 Å². The van der Waals surface area contributed by atoms with Crippen molar-refractivity contribution in [2.45, 2.75) is 19.3 Å². The van der Waals surface area contributed by atoms with Gasteiger partial charge in [-0.2, -0.15) is 5.26 Å². The van der Waals surface area contributed by atoms with E-state index < -0.39 is 0 Å². The smallest absolute Gasteiger partial charge is 0.228 e. The van der Waals surface area contributed by atoms with Crippen molar-refractivity contribution in [2.75, 3.05) is 49.1 Å². The molecule has 6 nitrogen and oxygen atoms in total. The maximum absolute atomic E-state index is 12.8. The van der Waals surface area contributed by atoms with E-state index in [1.54, 1.807) is 12.3 Å². The van der Waals surface area contributed by atoms with Crippen LogP contribution >= 0.6 is 0 Å². The molecule has 0 saturated carbocycles. The zero-order valence-corrected chi connectivity index (χ0v) is 16.0. The lowest BCUT2D eigenvalue weighted by Gasteiger charge is -2.36. The summed E-state index contributed by atoms with van der Waals surface area (Å²) in [4.78, 5) is 23.7. The number of rotatable bonds is 4. The maximum atomic E-state index is 12.8. The molecule has 2 aliphatic rings. The topological polar surface area (TPSA) is 63.5 Å². The second-order valence-corrected chi connectivity index (χ2v) is 7.34. The van der Waals surface area contributed by atoms with Crippen LogP contribution in [0.4, 0.5) is 11.5 Å². The summed E-state index contributed by atoms with van der Waals surface area (Å²) in [7, 11) is 0. The molecular formula is C22H25N5O. The number of anilines is 2. The Morgan fingerprint density at radius 2 is 1.89 bits per heavy atom. The number of aromatic nitrogens is 1. The average molecular weight is 375 g/mol. The second-order valence-electron chi connectivity index (χ2n) is 7.34. The van der Waals surface area contributed by atoms with Crippen molar-refractivity contribution < 1.29 is 4.79 Å². The number of carbonyl (C=O) groups excluding carboxylic acids is 1. The number of benzene rings is 1. The first-order valence-electron chi connectivity index (χ1n) is 9.97. The molecular weight excluding hydrogens is 350 g/mol. The molecule has 2 aromatic rings. The Bertz CT molecular complexity index is 882. The van der Waals surface area contributed by atoms with Gasteiger partial charge in [0, 0.05) is 57.6 Å². The van der Waals surface area contributed by atoms with Gasteiger partial charge in [-0.15, -0.1) is 0 Å². The molecule has 1 saturated heterocycles. The third-order valence-electron chi connectivity index (χ3n) is 5.63. The van der Waals surface area contributed by atoms with Gasteiger partial charge in [-0.3, -0.25) is 9.69 Å². The molecule has 6 heteroatoms. The first-order chi connectivity index (χ1) is 13.8. The molecule has 0 bridgehead atoms. The van der Waals surface area contributed by atoms with E-state index in [1.807, 2.05) is 23.1 Å². The molecule has 3 heterocycles. The van der Waals surface area contributed by atoms with Crippen molar-refractivity contribution in [1.82, 2.24) is 9.88 Å². The number of fused-ring (bicyclic) bond motifs is 1. The third kappa shape index (κ3) is 3.85. The average Bonchev–Trinajstić information content (AvgIpc) is 2.77. The monoisotopic (exact) mass is 375 g/mol. The van der Waals surface area contributed by atoms with Gasteiger partial charge in [0.2, 0.25) is 5.91 Å². The Labute approximate surface area is 166 Å². The Hall–Kier alpha value is -2.91. The molecule has 0 unspecified atom stereocenters. The van der Waals surface area contributed by atoms with Crippen molar-refractivity contribution >= 4 is 17.4 Å². The second kappa shape index (κ2) is 8.41. The summed E-state index contributed by atoms with van der Waals surface area (Å²) in [6.07, 6.45) is 4.37. The van der Waals surface area contributed by atoms with Crippen molar-refractivity contribution in [2.24, 2.45) is 0 Å². The highest BCUT2D eigenvalue weighted by Gasteiger charge is 2.24. The fraction of sp³-hybridized carbons (Fsp3) is 0.409. The number of nitrogens with zero attached hydrogens (tertiary/aromatic N) is 5. The largest absolute Gasteiger partial charge is 0.353 e. The molecule has 1 aromatic carbocycles. The van der Waals surface area contributed by atoms with Crippen LogP contribution in [0.3, 0.4) is 0 Å². The van der Waals surface area contributed by atoms with Gasteiger partial charge in [-0.25, -0.2) is 4.98 Å². The zero-order valence-electron chi connectivity index (χ0n) is 16.0. The number of nitriles is 1. The van der Waals surface area contributed by atoms with E-state index in [9.17, 15) is 10.1 Å². The molecule has 0 spiro atoms. The molecule has 1 aromatic heterocycles. The molecule has 1 fully saturated rings. The predicted octanol–water partition coefficient (Wildman–Crippen LogP) is 2.44. The number of hydrogen-bond donors (Lipinski definition) is 0. The normalized spacial score (nSPS) is 17.1. The van der Waals surface area contributed by atoms with Crippen LogP contribution in [0, 0.1) is 11.3 Å². The van der Waals surface area contributed by atoms with Gasteiger partial charge in [-0.1, -0.05) is 18.2 Å².